The molecule has 0 unspecified atom stereocenters. The van der Waals surface area contributed by atoms with E-state index >= 15 is 0 Å². The van der Waals surface area contributed by atoms with Crippen LogP contribution in [0.3, 0.4) is 0 Å². The van der Waals surface area contributed by atoms with Crippen LogP contribution in [0.4, 0.5) is 8.78 Å². The number of hydrogen-bond acceptors (Lipinski definition) is 6. The maximum Gasteiger partial charge on any atom is 0.380 e. The molecule has 1 aromatic rings. The summed E-state index contributed by atoms with van der Waals surface area (Å²) in [6.07, 6.45) is -1.85. The molecule has 126 valence electrons. The maximum absolute atomic E-state index is 13.0. The van der Waals surface area contributed by atoms with Crippen molar-refractivity contribution >= 4 is 22.1 Å². The first-order valence-corrected chi connectivity index (χ1v) is 7.39. The van der Waals surface area contributed by atoms with E-state index < -0.39 is 33.7 Å². The van der Waals surface area contributed by atoms with Crippen LogP contribution in [0.25, 0.3) is 0 Å². The summed E-state index contributed by atoms with van der Waals surface area (Å²) in [5.41, 5.74) is 0.160. The standard InChI is InChI=1S/C13H12F2O7S/c1-8(2)12(17)22-10-5-3-9(4-6-10)21-11(16)7-13(14,15)23(18,19)20/h3-6H,1,7H2,2H3,(H,18,19,20). The molecule has 0 saturated carbocycles. The van der Waals surface area contributed by atoms with Gasteiger partial charge < -0.3 is 9.47 Å². The van der Waals surface area contributed by atoms with Crippen LogP contribution in [0.5, 0.6) is 11.5 Å². The number of hydrogen-bond donors (Lipinski definition) is 1. The van der Waals surface area contributed by atoms with Gasteiger partial charge in [0, 0.05) is 5.57 Å². The zero-order valence-electron chi connectivity index (χ0n) is 11.8. The molecule has 0 aliphatic rings. The predicted molar refractivity (Wildman–Crippen MR) is 73.6 cm³/mol. The molecule has 1 aromatic carbocycles. The lowest BCUT2D eigenvalue weighted by Crippen LogP contribution is -2.32. The van der Waals surface area contributed by atoms with Crippen LogP contribution in [-0.4, -0.2) is 30.2 Å². The normalized spacial score (nSPS) is 11.7. The van der Waals surface area contributed by atoms with Gasteiger partial charge in [-0.1, -0.05) is 6.58 Å². The van der Waals surface area contributed by atoms with Gasteiger partial charge in [0.05, 0.1) is 0 Å². The molecule has 1 N–H and O–H groups in total. The molecule has 0 fully saturated rings. The number of esters is 2. The SMILES string of the molecule is C=C(C)C(=O)Oc1ccc(OC(=O)CC(F)(F)S(=O)(=O)O)cc1. The quantitative estimate of drug-likeness (QED) is 0.361. The van der Waals surface area contributed by atoms with Crippen molar-refractivity contribution in [2.75, 3.05) is 0 Å². The number of alkyl halides is 2. The Bertz CT molecular complexity index is 723. The zero-order valence-corrected chi connectivity index (χ0v) is 12.6. The van der Waals surface area contributed by atoms with Gasteiger partial charge >= 0.3 is 27.3 Å². The second-order valence-corrected chi connectivity index (χ2v) is 5.95. The first-order chi connectivity index (χ1) is 10.4. The summed E-state index contributed by atoms with van der Waals surface area (Å²) >= 11 is 0. The second-order valence-electron chi connectivity index (χ2n) is 4.40. The van der Waals surface area contributed by atoms with E-state index in [1.54, 1.807) is 0 Å². The molecule has 0 amide bonds. The highest BCUT2D eigenvalue weighted by Crippen LogP contribution is 2.26. The van der Waals surface area contributed by atoms with Crippen molar-refractivity contribution in [1.82, 2.24) is 0 Å². The number of halogens is 2. The lowest BCUT2D eigenvalue weighted by Gasteiger charge is -2.12. The van der Waals surface area contributed by atoms with Crippen LogP contribution in [0, 0.1) is 0 Å². The highest BCUT2D eigenvalue weighted by Gasteiger charge is 2.46. The van der Waals surface area contributed by atoms with E-state index in [4.69, 9.17) is 9.29 Å². The molecular weight excluding hydrogens is 338 g/mol. The fraction of sp³-hybridized carbons (Fsp3) is 0.231. The second kappa shape index (κ2) is 6.84. The van der Waals surface area contributed by atoms with E-state index in [1.807, 2.05) is 0 Å². The van der Waals surface area contributed by atoms with E-state index in [0.717, 1.165) is 12.1 Å². The summed E-state index contributed by atoms with van der Waals surface area (Å²) in [7, 11) is -5.72. The monoisotopic (exact) mass is 350 g/mol. The van der Waals surface area contributed by atoms with E-state index in [1.165, 1.54) is 19.1 Å². The van der Waals surface area contributed by atoms with Gasteiger partial charge in [-0.3, -0.25) is 9.35 Å². The number of rotatable bonds is 6. The average molecular weight is 350 g/mol. The largest absolute Gasteiger partial charge is 0.426 e. The van der Waals surface area contributed by atoms with E-state index in [2.05, 4.69) is 11.3 Å². The van der Waals surface area contributed by atoms with Gasteiger partial charge in [-0.15, -0.1) is 0 Å². The van der Waals surface area contributed by atoms with Gasteiger partial charge in [-0.25, -0.2) is 4.79 Å². The van der Waals surface area contributed by atoms with E-state index in [0.29, 0.717) is 0 Å². The van der Waals surface area contributed by atoms with Gasteiger partial charge in [0.15, 0.2) is 0 Å². The summed E-state index contributed by atoms with van der Waals surface area (Å²) in [5, 5.41) is -4.65. The Balaban J connectivity index is 2.70. The number of ether oxygens (including phenoxy) is 2. The van der Waals surface area contributed by atoms with Crippen LogP contribution in [0.15, 0.2) is 36.4 Å². The highest BCUT2D eigenvalue weighted by molar-refractivity contribution is 7.86. The molecule has 0 heterocycles. The van der Waals surface area contributed by atoms with Gasteiger partial charge in [-0.05, 0) is 31.2 Å². The summed E-state index contributed by atoms with van der Waals surface area (Å²) in [5.74, 6) is -2.33. The Labute approximate surface area is 130 Å². The van der Waals surface area contributed by atoms with Gasteiger partial charge in [-0.2, -0.15) is 17.2 Å². The van der Waals surface area contributed by atoms with Crippen molar-refractivity contribution in [2.45, 2.75) is 18.6 Å². The minimum atomic E-state index is -5.72. The molecule has 0 radical (unpaired) electrons. The fourth-order valence-corrected chi connectivity index (χ4v) is 1.50. The molecule has 0 saturated heterocycles. The molecule has 7 nitrogen and oxygen atoms in total. The molecule has 0 aliphatic carbocycles. The summed E-state index contributed by atoms with van der Waals surface area (Å²) < 4.78 is 64.3. The minimum Gasteiger partial charge on any atom is -0.426 e. The summed E-state index contributed by atoms with van der Waals surface area (Å²) in [6.45, 7) is 4.82. The smallest absolute Gasteiger partial charge is 0.380 e. The number of benzene rings is 1. The zero-order chi connectivity index (χ0) is 17.8. The molecule has 10 heteroatoms. The Morgan fingerprint density at radius 3 is 2.00 bits per heavy atom. The van der Waals surface area contributed by atoms with Gasteiger partial charge in [0.25, 0.3) is 0 Å². The third kappa shape index (κ3) is 5.42. The minimum absolute atomic E-state index is 0.0982. The maximum atomic E-state index is 13.0. The predicted octanol–water partition coefficient (Wildman–Crippen LogP) is 1.94. The van der Waals surface area contributed by atoms with Crippen molar-refractivity contribution in [3.63, 3.8) is 0 Å². The molecule has 23 heavy (non-hydrogen) atoms. The van der Waals surface area contributed by atoms with Crippen molar-refractivity contribution in [1.29, 1.82) is 0 Å². The Kier molecular flexibility index (Phi) is 5.56. The van der Waals surface area contributed by atoms with Crippen molar-refractivity contribution in [3.05, 3.63) is 36.4 Å². The third-order valence-electron chi connectivity index (χ3n) is 2.34. The summed E-state index contributed by atoms with van der Waals surface area (Å²) in [4.78, 5) is 22.5. The van der Waals surface area contributed by atoms with Crippen LogP contribution >= 0.6 is 0 Å². The Morgan fingerprint density at radius 2 is 1.61 bits per heavy atom. The summed E-state index contributed by atoms with van der Waals surface area (Å²) in [6, 6.07) is 4.74. The highest BCUT2D eigenvalue weighted by atomic mass is 32.2. The lowest BCUT2D eigenvalue weighted by molar-refractivity contribution is -0.138. The fourth-order valence-electron chi connectivity index (χ4n) is 1.20. The molecule has 0 aromatic heterocycles. The molecular formula is C13H12F2O7S. The number of carbonyl (C=O) groups is 2. The Hall–Kier alpha value is -2.33. The topological polar surface area (TPSA) is 107 Å². The van der Waals surface area contributed by atoms with Gasteiger partial charge in [0.2, 0.25) is 0 Å². The van der Waals surface area contributed by atoms with Crippen molar-refractivity contribution in [3.8, 4) is 11.5 Å². The number of carbonyl (C=O) groups excluding carboxylic acids is 2. The molecule has 0 atom stereocenters. The van der Waals surface area contributed by atoms with Crippen molar-refractivity contribution < 1.29 is 40.8 Å². The molecule has 1 rings (SSSR count). The van der Waals surface area contributed by atoms with Crippen LogP contribution in [0.1, 0.15) is 13.3 Å². The van der Waals surface area contributed by atoms with Crippen LogP contribution < -0.4 is 9.47 Å². The average Bonchev–Trinajstić information content (AvgIpc) is 2.38. The lowest BCUT2D eigenvalue weighted by atomic mass is 10.3. The van der Waals surface area contributed by atoms with Crippen molar-refractivity contribution in [2.24, 2.45) is 0 Å². The van der Waals surface area contributed by atoms with Crippen LogP contribution in [0.2, 0.25) is 0 Å². The Morgan fingerprint density at radius 1 is 1.17 bits per heavy atom. The molecule has 0 bridgehead atoms. The third-order valence-corrected chi connectivity index (χ3v) is 3.24. The van der Waals surface area contributed by atoms with Crippen LogP contribution in [-0.2, 0) is 19.7 Å². The molecule has 0 spiro atoms. The first kappa shape index (κ1) is 18.7. The molecule has 0 aliphatic heterocycles. The van der Waals surface area contributed by atoms with Gasteiger partial charge in [0.1, 0.15) is 17.9 Å². The first-order valence-electron chi connectivity index (χ1n) is 5.95. The van der Waals surface area contributed by atoms with E-state index in [-0.39, 0.29) is 17.1 Å². The van der Waals surface area contributed by atoms with E-state index in [9.17, 15) is 26.8 Å².